The van der Waals surface area contributed by atoms with Crippen molar-refractivity contribution in [3.8, 4) is 0 Å². The van der Waals surface area contributed by atoms with Crippen molar-refractivity contribution in [2.45, 2.75) is 71.4 Å². The van der Waals surface area contributed by atoms with Crippen LogP contribution in [-0.2, 0) is 11.2 Å². The van der Waals surface area contributed by atoms with Gasteiger partial charge in [0, 0.05) is 34.8 Å². The van der Waals surface area contributed by atoms with Crippen molar-refractivity contribution >= 4 is 29.7 Å². The summed E-state index contributed by atoms with van der Waals surface area (Å²) in [6.45, 7) is 7.23. The standard InChI is InChI=1S/C17H28N2OS.ClH/c1-12-11-15(14(3)21-12)7-6-9-17(20)19-10-5-4-8-16(19)13(2)18;/h11,13,16H,4-10,18H2,1-3H3;1H. The summed E-state index contributed by atoms with van der Waals surface area (Å²) in [5.74, 6) is 0.293. The van der Waals surface area contributed by atoms with Crippen molar-refractivity contribution < 1.29 is 4.79 Å². The summed E-state index contributed by atoms with van der Waals surface area (Å²) < 4.78 is 0. The number of nitrogens with two attached hydrogens (primary N) is 1. The molecule has 0 aromatic carbocycles. The van der Waals surface area contributed by atoms with Crippen molar-refractivity contribution in [3.05, 3.63) is 21.4 Å². The molecule has 2 atom stereocenters. The van der Waals surface area contributed by atoms with Crippen molar-refractivity contribution in [1.29, 1.82) is 0 Å². The van der Waals surface area contributed by atoms with Gasteiger partial charge in [0.05, 0.1) is 0 Å². The second-order valence-electron chi connectivity index (χ2n) is 6.30. The van der Waals surface area contributed by atoms with E-state index in [2.05, 4.69) is 19.9 Å². The van der Waals surface area contributed by atoms with Crippen LogP contribution in [0.2, 0.25) is 0 Å². The lowest BCUT2D eigenvalue weighted by atomic mass is 9.96. The molecule has 1 fully saturated rings. The Morgan fingerprint density at radius 3 is 2.77 bits per heavy atom. The minimum atomic E-state index is 0. The lowest BCUT2D eigenvalue weighted by Crippen LogP contribution is -2.51. The summed E-state index contributed by atoms with van der Waals surface area (Å²) in [6, 6.07) is 2.59. The van der Waals surface area contributed by atoms with Crippen LogP contribution in [0.1, 0.15) is 54.3 Å². The van der Waals surface area contributed by atoms with Gasteiger partial charge in [-0.1, -0.05) is 0 Å². The van der Waals surface area contributed by atoms with E-state index >= 15 is 0 Å². The lowest BCUT2D eigenvalue weighted by Gasteiger charge is -2.38. The number of amides is 1. The van der Waals surface area contributed by atoms with E-state index in [0.717, 1.165) is 32.2 Å². The van der Waals surface area contributed by atoms with E-state index in [9.17, 15) is 4.79 Å². The van der Waals surface area contributed by atoms with E-state index in [1.54, 1.807) is 0 Å². The fraction of sp³-hybridized carbons (Fsp3) is 0.706. The molecule has 1 aromatic heterocycles. The molecule has 1 aliphatic heterocycles. The van der Waals surface area contributed by atoms with Crippen molar-refractivity contribution in [3.63, 3.8) is 0 Å². The first-order chi connectivity index (χ1) is 9.99. The van der Waals surface area contributed by atoms with Crippen LogP contribution in [0.15, 0.2) is 6.07 Å². The van der Waals surface area contributed by atoms with Gasteiger partial charge in [-0.3, -0.25) is 4.79 Å². The molecule has 22 heavy (non-hydrogen) atoms. The molecule has 5 heteroatoms. The predicted molar refractivity (Wildman–Crippen MR) is 97.0 cm³/mol. The zero-order valence-corrected chi connectivity index (χ0v) is 15.6. The number of carbonyl (C=O) groups excluding carboxylic acids is 1. The van der Waals surface area contributed by atoms with Gasteiger partial charge >= 0.3 is 0 Å². The third-order valence-electron chi connectivity index (χ3n) is 4.46. The first-order valence-electron chi connectivity index (χ1n) is 8.10. The Kier molecular flexibility index (Phi) is 7.87. The highest BCUT2D eigenvalue weighted by Crippen LogP contribution is 2.23. The lowest BCUT2D eigenvalue weighted by molar-refractivity contribution is -0.135. The molecule has 0 bridgehead atoms. The number of hydrogen-bond acceptors (Lipinski definition) is 3. The third kappa shape index (κ3) is 4.97. The summed E-state index contributed by atoms with van der Waals surface area (Å²) in [6.07, 6.45) is 5.99. The number of thiophene rings is 1. The fourth-order valence-electron chi connectivity index (χ4n) is 3.32. The number of halogens is 1. The van der Waals surface area contributed by atoms with E-state index in [4.69, 9.17) is 5.73 Å². The largest absolute Gasteiger partial charge is 0.338 e. The monoisotopic (exact) mass is 344 g/mol. The van der Waals surface area contributed by atoms with Gasteiger partial charge in [0.15, 0.2) is 0 Å². The molecule has 0 aliphatic carbocycles. The van der Waals surface area contributed by atoms with Crippen LogP contribution in [0.5, 0.6) is 0 Å². The average molecular weight is 345 g/mol. The van der Waals surface area contributed by atoms with E-state index in [1.165, 1.54) is 21.7 Å². The molecule has 1 aliphatic rings. The smallest absolute Gasteiger partial charge is 0.222 e. The average Bonchev–Trinajstić information content (AvgIpc) is 2.77. The third-order valence-corrected chi connectivity index (χ3v) is 5.47. The molecule has 0 saturated carbocycles. The molecule has 1 amide bonds. The number of piperidine rings is 1. The molecule has 3 nitrogen and oxygen atoms in total. The maximum Gasteiger partial charge on any atom is 0.222 e. The van der Waals surface area contributed by atoms with Gasteiger partial charge < -0.3 is 10.6 Å². The summed E-state index contributed by atoms with van der Waals surface area (Å²) in [5, 5.41) is 0. The molecule has 0 spiro atoms. The zero-order chi connectivity index (χ0) is 15.4. The minimum Gasteiger partial charge on any atom is -0.338 e. The van der Waals surface area contributed by atoms with Crippen LogP contribution in [0.3, 0.4) is 0 Å². The second kappa shape index (κ2) is 8.90. The van der Waals surface area contributed by atoms with Gasteiger partial charge in [0.25, 0.3) is 0 Å². The van der Waals surface area contributed by atoms with Crippen molar-refractivity contribution in [1.82, 2.24) is 4.90 Å². The van der Waals surface area contributed by atoms with Gasteiger partial charge in [-0.05, 0) is 64.5 Å². The molecule has 0 radical (unpaired) electrons. The van der Waals surface area contributed by atoms with Crippen LogP contribution in [0.4, 0.5) is 0 Å². The zero-order valence-electron chi connectivity index (χ0n) is 13.9. The van der Waals surface area contributed by atoms with E-state index < -0.39 is 0 Å². The minimum absolute atomic E-state index is 0. The van der Waals surface area contributed by atoms with Gasteiger partial charge in [-0.2, -0.15) is 0 Å². The maximum atomic E-state index is 12.5. The Hall–Kier alpha value is -0.580. The highest BCUT2D eigenvalue weighted by molar-refractivity contribution is 7.12. The number of likely N-dealkylation sites (tertiary alicyclic amines) is 1. The Bertz CT molecular complexity index is 487. The van der Waals surface area contributed by atoms with Gasteiger partial charge in [0.2, 0.25) is 5.91 Å². The Labute approximate surface area is 144 Å². The van der Waals surface area contributed by atoms with Gasteiger partial charge in [-0.25, -0.2) is 0 Å². The first kappa shape index (κ1) is 19.5. The summed E-state index contributed by atoms with van der Waals surface area (Å²) in [7, 11) is 0. The quantitative estimate of drug-likeness (QED) is 0.882. The van der Waals surface area contributed by atoms with Crippen LogP contribution in [0.25, 0.3) is 0 Å². The predicted octanol–water partition coefficient (Wildman–Crippen LogP) is 3.84. The normalized spacial score (nSPS) is 19.6. The van der Waals surface area contributed by atoms with Crippen molar-refractivity contribution in [2.24, 2.45) is 5.73 Å². The Morgan fingerprint density at radius 1 is 1.45 bits per heavy atom. The first-order valence-corrected chi connectivity index (χ1v) is 8.91. The molecular weight excluding hydrogens is 316 g/mol. The van der Waals surface area contributed by atoms with Crippen LogP contribution in [0, 0.1) is 13.8 Å². The van der Waals surface area contributed by atoms with Crippen LogP contribution >= 0.6 is 23.7 Å². The topological polar surface area (TPSA) is 46.3 Å². The molecule has 126 valence electrons. The molecule has 2 unspecified atom stereocenters. The van der Waals surface area contributed by atoms with Gasteiger partial charge in [-0.15, -0.1) is 23.7 Å². The van der Waals surface area contributed by atoms with Crippen molar-refractivity contribution in [2.75, 3.05) is 6.54 Å². The summed E-state index contributed by atoms with van der Waals surface area (Å²) in [4.78, 5) is 17.3. The fourth-order valence-corrected chi connectivity index (χ4v) is 4.30. The highest BCUT2D eigenvalue weighted by atomic mass is 35.5. The highest BCUT2D eigenvalue weighted by Gasteiger charge is 2.28. The molecule has 2 rings (SSSR count). The molecule has 1 aromatic rings. The Morgan fingerprint density at radius 2 is 2.18 bits per heavy atom. The van der Waals surface area contributed by atoms with E-state index in [-0.39, 0.29) is 24.5 Å². The molecular formula is C17H29ClN2OS. The van der Waals surface area contributed by atoms with E-state index in [1.807, 2.05) is 23.2 Å². The second-order valence-corrected chi connectivity index (χ2v) is 7.76. The number of nitrogens with zero attached hydrogens (tertiary/aromatic N) is 1. The van der Waals surface area contributed by atoms with Gasteiger partial charge in [0.1, 0.15) is 0 Å². The maximum absolute atomic E-state index is 12.5. The molecule has 2 N–H and O–H groups in total. The SMILES string of the molecule is Cc1cc(CCCC(=O)N2CCCCC2C(C)N)c(C)s1.Cl. The van der Waals surface area contributed by atoms with E-state index in [0.29, 0.717) is 12.3 Å². The van der Waals surface area contributed by atoms with Crippen LogP contribution < -0.4 is 5.73 Å². The molecule has 2 heterocycles. The number of aryl methyl sites for hydroxylation is 3. The number of rotatable bonds is 5. The molecule has 1 saturated heterocycles. The summed E-state index contributed by atoms with van der Waals surface area (Å²) in [5.41, 5.74) is 7.46. The van der Waals surface area contributed by atoms with Crippen LogP contribution in [-0.4, -0.2) is 29.4 Å². The Balaban J connectivity index is 0.00000242. The number of hydrogen-bond donors (Lipinski definition) is 1. The number of carbonyl (C=O) groups is 1. The summed E-state index contributed by atoms with van der Waals surface area (Å²) >= 11 is 1.85.